The lowest BCUT2D eigenvalue weighted by Gasteiger charge is -2.01. The van der Waals surface area contributed by atoms with Crippen LogP contribution in [0.3, 0.4) is 0 Å². The Morgan fingerprint density at radius 1 is 1.44 bits per heavy atom. The summed E-state index contributed by atoms with van der Waals surface area (Å²) in [5.41, 5.74) is 0. The molecule has 0 amide bonds. The fourth-order valence-corrected chi connectivity index (χ4v) is 2.05. The number of sulfonamides is 1. The Kier molecular flexibility index (Phi) is 2.71. The van der Waals surface area contributed by atoms with Crippen molar-refractivity contribution in [3.8, 4) is 0 Å². The zero-order chi connectivity index (χ0) is 11.6. The Labute approximate surface area is 91.6 Å². The molecule has 3 N–H and O–H groups in total. The predicted molar refractivity (Wildman–Crippen MR) is 53.7 cm³/mol. The summed E-state index contributed by atoms with van der Waals surface area (Å²) < 4.78 is 25.8. The molecular weight excluding hydrogens is 232 g/mol. The SMILES string of the molecule is Cc1ncc(S(=O)(=O)NCc2ncn[nH]2)[nH]1. The van der Waals surface area contributed by atoms with Crippen molar-refractivity contribution in [2.24, 2.45) is 0 Å². The predicted octanol–water partition coefficient (Wildman–Crippen LogP) is -0.685. The maximum atomic E-state index is 11.7. The van der Waals surface area contributed by atoms with Gasteiger partial charge in [0.15, 0.2) is 5.03 Å². The number of imidazole rings is 1. The molecule has 9 heteroatoms. The van der Waals surface area contributed by atoms with E-state index in [0.717, 1.165) is 0 Å². The van der Waals surface area contributed by atoms with Gasteiger partial charge in [-0.05, 0) is 6.92 Å². The first-order valence-corrected chi connectivity index (χ1v) is 5.92. The number of hydrogen-bond acceptors (Lipinski definition) is 5. The van der Waals surface area contributed by atoms with Crippen LogP contribution in [-0.4, -0.2) is 33.6 Å². The summed E-state index contributed by atoms with van der Waals surface area (Å²) in [7, 11) is -3.57. The summed E-state index contributed by atoms with van der Waals surface area (Å²) in [6.07, 6.45) is 2.57. The molecule has 0 saturated carbocycles. The third-order valence-electron chi connectivity index (χ3n) is 1.86. The van der Waals surface area contributed by atoms with Crippen molar-refractivity contribution in [2.45, 2.75) is 18.5 Å². The summed E-state index contributed by atoms with van der Waals surface area (Å²) in [5, 5.41) is 6.19. The normalized spacial score (nSPS) is 11.8. The molecular formula is C7H10N6O2S. The zero-order valence-corrected chi connectivity index (χ0v) is 9.24. The molecule has 0 aliphatic carbocycles. The zero-order valence-electron chi connectivity index (χ0n) is 8.43. The Morgan fingerprint density at radius 2 is 2.25 bits per heavy atom. The van der Waals surface area contributed by atoms with Crippen molar-refractivity contribution in [3.05, 3.63) is 24.2 Å². The molecule has 2 heterocycles. The van der Waals surface area contributed by atoms with Gasteiger partial charge in [-0.2, -0.15) is 5.10 Å². The maximum Gasteiger partial charge on any atom is 0.258 e. The second kappa shape index (κ2) is 4.02. The summed E-state index contributed by atoms with van der Waals surface area (Å²) in [4.78, 5) is 10.3. The standard InChI is InChI=1S/C7H10N6O2S/c1-5-8-3-7(12-5)16(14,15)11-2-6-9-4-10-13-6/h3-4,11H,2H2,1H3,(H,8,12)(H,9,10,13). The van der Waals surface area contributed by atoms with Crippen molar-refractivity contribution >= 4 is 10.0 Å². The number of nitrogens with zero attached hydrogens (tertiary/aromatic N) is 3. The van der Waals surface area contributed by atoms with Crippen LogP contribution in [0.4, 0.5) is 0 Å². The lowest BCUT2D eigenvalue weighted by molar-refractivity contribution is 0.576. The van der Waals surface area contributed by atoms with Crippen molar-refractivity contribution < 1.29 is 8.42 Å². The minimum absolute atomic E-state index is 0.0320. The quantitative estimate of drug-likeness (QED) is 0.656. The monoisotopic (exact) mass is 242 g/mol. The first-order chi connectivity index (χ1) is 7.58. The maximum absolute atomic E-state index is 11.7. The highest BCUT2D eigenvalue weighted by Crippen LogP contribution is 2.04. The van der Waals surface area contributed by atoms with Crippen molar-refractivity contribution in [2.75, 3.05) is 0 Å². The van der Waals surface area contributed by atoms with Gasteiger partial charge in [0, 0.05) is 0 Å². The van der Waals surface area contributed by atoms with Crippen LogP contribution in [0.2, 0.25) is 0 Å². The molecule has 0 saturated heterocycles. The number of aromatic nitrogens is 5. The summed E-state index contributed by atoms with van der Waals surface area (Å²) in [6, 6.07) is 0. The molecule has 2 aromatic heterocycles. The molecule has 2 rings (SSSR count). The van der Waals surface area contributed by atoms with Gasteiger partial charge >= 0.3 is 0 Å². The number of H-pyrrole nitrogens is 2. The summed E-state index contributed by atoms with van der Waals surface area (Å²) >= 11 is 0. The van der Waals surface area contributed by atoms with Crippen LogP contribution in [0.15, 0.2) is 17.6 Å². The fourth-order valence-electron chi connectivity index (χ4n) is 1.09. The van der Waals surface area contributed by atoms with Gasteiger partial charge in [0.25, 0.3) is 10.0 Å². The molecule has 0 radical (unpaired) electrons. The van der Waals surface area contributed by atoms with Crippen molar-refractivity contribution in [1.29, 1.82) is 0 Å². The van der Waals surface area contributed by atoms with E-state index in [1.54, 1.807) is 6.92 Å². The average Bonchev–Trinajstić information content (AvgIpc) is 2.85. The lowest BCUT2D eigenvalue weighted by atomic mass is 10.6. The van der Waals surface area contributed by atoms with Crippen LogP contribution in [0, 0.1) is 6.92 Å². The smallest absolute Gasteiger partial charge is 0.258 e. The summed E-state index contributed by atoms with van der Waals surface area (Å²) in [5.74, 6) is 0.986. The van der Waals surface area contributed by atoms with E-state index in [0.29, 0.717) is 11.6 Å². The number of rotatable bonds is 4. The van der Waals surface area contributed by atoms with Gasteiger partial charge in [0.05, 0.1) is 12.7 Å². The van der Waals surface area contributed by atoms with Crippen LogP contribution in [0.25, 0.3) is 0 Å². The second-order valence-electron chi connectivity index (χ2n) is 3.09. The van der Waals surface area contributed by atoms with E-state index < -0.39 is 10.0 Å². The van der Waals surface area contributed by atoms with E-state index in [2.05, 4.69) is 29.9 Å². The molecule has 0 aliphatic rings. The Morgan fingerprint density at radius 3 is 2.81 bits per heavy atom. The third kappa shape index (κ3) is 2.25. The van der Waals surface area contributed by atoms with Crippen molar-refractivity contribution in [3.63, 3.8) is 0 Å². The summed E-state index contributed by atoms with van der Waals surface area (Å²) in [6.45, 7) is 1.73. The van der Waals surface area contributed by atoms with Crippen LogP contribution in [0.1, 0.15) is 11.6 Å². The third-order valence-corrected chi connectivity index (χ3v) is 3.17. The molecule has 0 unspecified atom stereocenters. The van der Waals surface area contributed by atoms with Crippen LogP contribution in [-0.2, 0) is 16.6 Å². The molecule has 0 aromatic carbocycles. The molecule has 0 atom stereocenters. The van der Waals surface area contributed by atoms with E-state index >= 15 is 0 Å². The molecule has 86 valence electrons. The fraction of sp³-hybridized carbons (Fsp3) is 0.286. The van der Waals surface area contributed by atoms with Gasteiger partial charge in [-0.25, -0.2) is 23.1 Å². The van der Waals surface area contributed by atoms with E-state index in [1.807, 2.05) is 0 Å². The van der Waals surface area contributed by atoms with Crippen molar-refractivity contribution in [1.82, 2.24) is 29.9 Å². The topological polar surface area (TPSA) is 116 Å². The average molecular weight is 242 g/mol. The van der Waals surface area contributed by atoms with Crippen LogP contribution < -0.4 is 4.72 Å². The number of hydrogen-bond donors (Lipinski definition) is 3. The van der Waals surface area contributed by atoms with Gasteiger partial charge in [0.2, 0.25) is 0 Å². The van der Waals surface area contributed by atoms with E-state index in [4.69, 9.17) is 0 Å². The minimum atomic E-state index is -3.57. The molecule has 0 fully saturated rings. The van der Waals surface area contributed by atoms with Crippen LogP contribution >= 0.6 is 0 Å². The number of nitrogens with one attached hydrogen (secondary N) is 3. The molecule has 0 aliphatic heterocycles. The minimum Gasteiger partial charge on any atom is -0.332 e. The van der Waals surface area contributed by atoms with E-state index in [-0.39, 0.29) is 11.6 Å². The van der Waals surface area contributed by atoms with Crippen LogP contribution in [0.5, 0.6) is 0 Å². The highest BCUT2D eigenvalue weighted by atomic mass is 32.2. The Hall–Kier alpha value is -1.74. The Balaban J connectivity index is 2.09. The van der Waals surface area contributed by atoms with Gasteiger partial charge in [-0.3, -0.25) is 5.10 Å². The van der Waals surface area contributed by atoms with Gasteiger partial charge in [-0.1, -0.05) is 0 Å². The van der Waals surface area contributed by atoms with E-state index in [9.17, 15) is 8.42 Å². The van der Waals surface area contributed by atoms with Gasteiger partial charge < -0.3 is 4.98 Å². The largest absolute Gasteiger partial charge is 0.332 e. The van der Waals surface area contributed by atoms with E-state index in [1.165, 1.54) is 12.5 Å². The molecule has 8 nitrogen and oxygen atoms in total. The number of aryl methyl sites for hydroxylation is 1. The molecule has 0 bridgehead atoms. The van der Waals surface area contributed by atoms with Gasteiger partial charge in [-0.15, -0.1) is 0 Å². The Bertz CT molecular complexity index is 557. The highest BCUT2D eigenvalue weighted by molar-refractivity contribution is 7.89. The first kappa shape index (κ1) is 10.8. The number of aromatic amines is 2. The van der Waals surface area contributed by atoms with Gasteiger partial charge in [0.1, 0.15) is 18.0 Å². The second-order valence-corrected chi connectivity index (χ2v) is 4.82. The highest BCUT2D eigenvalue weighted by Gasteiger charge is 2.16. The molecule has 2 aromatic rings. The first-order valence-electron chi connectivity index (χ1n) is 4.43. The molecule has 16 heavy (non-hydrogen) atoms. The lowest BCUT2D eigenvalue weighted by Crippen LogP contribution is -2.24. The molecule has 0 spiro atoms.